The predicted molar refractivity (Wildman–Crippen MR) is 93.8 cm³/mol. The maximum atomic E-state index is 13.7. The summed E-state index contributed by atoms with van der Waals surface area (Å²) in [4.78, 5) is 26.5. The molecule has 7 heteroatoms. The number of likely N-dealkylation sites (tertiary alicyclic amines) is 1. The van der Waals surface area contributed by atoms with Gasteiger partial charge in [-0.1, -0.05) is 12.1 Å². The highest BCUT2D eigenvalue weighted by Crippen LogP contribution is 2.19. The number of halogens is 1. The second kappa shape index (κ2) is 8.29. The highest BCUT2D eigenvalue weighted by molar-refractivity contribution is 5.90. The number of carbonyl (C=O) groups excluding carboxylic acids is 2. The lowest BCUT2D eigenvalue weighted by Crippen LogP contribution is -2.51. The van der Waals surface area contributed by atoms with Crippen LogP contribution in [0.2, 0.25) is 0 Å². The molecule has 0 aromatic heterocycles. The minimum Gasteiger partial charge on any atom is -0.352 e. The van der Waals surface area contributed by atoms with Crippen LogP contribution in [0, 0.1) is 11.7 Å². The molecular weight excluding hydrogens is 323 g/mol. The third-order valence-electron chi connectivity index (χ3n) is 4.84. The Kier molecular flexibility index (Phi) is 5.86. The number of para-hydroxylation sites is 1. The third kappa shape index (κ3) is 4.69. The van der Waals surface area contributed by atoms with E-state index in [2.05, 4.69) is 16.0 Å². The van der Waals surface area contributed by atoms with Crippen LogP contribution in [0.5, 0.6) is 0 Å². The highest BCUT2D eigenvalue weighted by Gasteiger charge is 2.30. The molecule has 2 aliphatic heterocycles. The van der Waals surface area contributed by atoms with Crippen LogP contribution in [0.3, 0.4) is 0 Å². The van der Waals surface area contributed by atoms with E-state index in [-0.39, 0.29) is 29.6 Å². The molecule has 2 aliphatic rings. The van der Waals surface area contributed by atoms with Gasteiger partial charge in [-0.15, -0.1) is 0 Å². The molecule has 136 valence electrons. The molecule has 0 spiro atoms. The van der Waals surface area contributed by atoms with Crippen LogP contribution in [0.1, 0.15) is 25.7 Å². The summed E-state index contributed by atoms with van der Waals surface area (Å²) in [7, 11) is 0. The Bertz CT molecular complexity index is 619. The van der Waals surface area contributed by atoms with Crippen molar-refractivity contribution in [2.45, 2.75) is 31.7 Å². The minimum absolute atomic E-state index is 0.0112. The molecular formula is C18H25FN4O2. The van der Waals surface area contributed by atoms with Crippen LogP contribution >= 0.6 is 0 Å². The van der Waals surface area contributed by atoms with Gasteiger partial charge in [0, 0.05) is 25.7 Å². The lowest BCUT2D eigenvalue weighted by molar-refractivity contribution is -0.127. The fourth-order valence-corrected chi connectivity index (χ4v) is 3.43. The Balaban J connectivity index is 1.54. The summed E-state index contributed by atoms with van der Waals surface area (Å²) < 4.78 is 13.7. The predicted octanol–water partition coefficient (Wildman–Crippen LogP) is 1.94. The van der Waals surface area contributed by atoms with E-state index in [1.807, 2.05) is 0 Å². The number of nitrogens with one attached hydrogen (secondary N) is 3. The molecule has 2 atom stereocenters. The summed E-state index contributed by atoms with van der Waals surface area (Å²) in [5.41, 5.74) is 0.160. The molecule has 6 nitrogen and oxygen atoms in total. The van der Waals surface area contributed by atoms with Crippen molar-refractivity contribution in [3.05, 3.63) is 30.1 Å². The number of nitrogens with zero attached hydrogens (tertiary/aromatic N) is 1. The number of hydrogen-bond donors (Lipinski definition) is 3. The Labute approximate surface area is 147 Å². The monoisotopic (exact) mass is 348 g/mol. The van der Waals surface area contributed by atoms with Crippen molar-refractivity contribution in [2.75, 3.05) is 31.5 Å². The van der Waals surface area contributed by atoms with Gasteiger partial charge < -0.3 is 20.9 Å². The molecule has 2 unspecified atom stereocenters. The van der Waals surface area contributed by atoms with E-state index in [9.17, 15) is 14.0 Å². The first kappa shape index (κ1) is 17.7. The molecule has 3 rings (SSSR count). The van der Waals surface area contributed by atoms with Gasteiger partial charge in [0.05, 0.1) is 11.6 Å². The van der Waals surface area contributed by atoms with Gasteiger partial charge in [-0.2, -0.15) is 0 Å². The Morgan fingerprint density at radius 3 is 2.80 bits per heavy atom. The van der Waals surface area contributed by atoms with Crippen molar-refractivity contribution in [2.24, 2.45) is 5.92 Å². The number of amides is 3. The average Bonchev–Trinajstić information content (AvgIpc) is 2.64. The molecule has 25 heavy (non-hydrogen) atoms. The molecule has 0 bridgehead atoms. The Hall–Kier alpha value is -2.15. The van der Waals surface area contributed by atoms with Crippen LogP contribution in [-0.4, -0.2) is 49.1 Å². The smallest absolute Gasteiger partial charge is 0.321 e. The van der Waals surface area contributed by atoms with Crippen molar-refractivity contribution in [3.8, 4) is 0 Å². The number of anilines is 1. The quantitative estimate of drug-likeness (QED) is 0.782. The standard InChI is InChI=1S/C18H25FN4O2/c19-15-7-1-2-8-16(15)22-18(25)23-10-4-5-13(12-23)17(24)21-14-6-3-9-20-11-14/h1-2,7-8,13-14,20H,3-6,9-12H2,(H,21,24)(H,22,25). The van der Waals surface area contributed by atoms with Gasteiger partial charge in [-0.25, -0.2) is 9.18 Å². The average molecular weight is 348 g/mol. The van der Waals surface area contributed by atoms with E-state index in [0.29, 0.717) is 13.1 Å². The maximum absolute atomic E-state index is 13.7. The number of carbonyl (C=O) groups is 2. The maximum Gasteiger partial charge on any atom is 0.321 e. The number of urea groups is 1. The van der Waals surface area contributed by atoms with Gasteiger partial charge in [0.25, 0.3) is 0 Å². The van der Waals surface area contributed by atoms with Gasteiger partial charge in [-0.3, -0.25) is 4.79 Å². The van der Waals surface area contributed by atoms with Crippen molar-refractivity contribution in [1.82, 2.24) is 15.5 Å². The first-order chi connectivity index (χ1) is 12.1. The molecule has 0 aliphatic carbocycles. The van der Waals surface area contributed by atoms with E-state index in [0.717, 1.165) is 38.8 Å². The largest absolute Gasteiger partial charge is 0.352 e. The summed E-state index contributed by atoms with van der Waals surface area (Å²) in [6, 6.07) is 5.89. The van der Waals surface area contributed by atoms with Gasteiger partial charge in [0.15, 0.2) is 0 Å². The van der Waals surface area contributed by atoms with Gasteiger partial charge in [0.1, 0.15) is 5.82 Å². The molecule has 2 saturated heterocycles. The molecule has 2 fully saturated rings. The van der Waals surface area contributed by atoms with E-state index in [4.69, 9.17) is 0 Å². The van der Waals surface area contributed by atoms with Gasteiger partial charge in [0.2, 0.25) is 5.91 Å². The third-order valence-corrected chi connectivity index (χ3v) is 4.84. The lowest BCUT2D eigenvalue weighted by Gasteiger charge is -2.33. The molecule has 2 heterocycles. The van der Waals surface area contributed by atoms with Gasteiger partial charge >= 0.3 is 6.03 Å². The zero-order chi connectivity index (χ0) is 17.6. The molecule has 3 amide bonds. The minimum atomic E-state index is -0.466. The molecule has 1 aromatic rings. The number of hydrogen-bond acceptors (Lipinski definition) is 3. The van der Waals surface area contributed by atoms with Crippen LogP contribution in [0.15, 0.2) is 24.3 Å². The Morgan fingerprint density at radius 2 is 2.04 bits per heavy atom. The van der Waals surface area contributed by atoms with E-state index < -0.39 is 5.82 Å². The van der Waals surface area contributed by atoms with Crippen LogP contribution in [0.25, 0.3) is 0 Å². The number of rotatable bonds is 3. The van der Waals surface area contributed by atoms with Crippen molar-refractivity contribution < 1.29 is 14.0 Å². The van der Waals surface area contributed by atoms with Crippen molar-refractivity contribution >= 4 is 17.6 Å². The SMILES string of the molecule is O=C(NC1CCCNC1)C1CCCN(C(=O)Nc2ccccc2F)C1. The zero-order valence-electron chi connectivity index (χ0n) is 14.3. The molecule has 1 aromatic carbocycles. The Morgan fingerprint density at radius 1 is 1.20 bits per heavy atom. The summed E-state index contributed by atoms with van der Waals surface area (Å²) in [6.07, 6.45) is 3.59. The summed E-state index contributed by atoms with van der Waals surface area (Å²) in [5, 5.41) is 8.96. The second-order valence-electron chi connectivity index (χ2n) is 6.75. The van der Waals surface area contributed by atoms with Crippen LogP contribution < -0.4 is 16.0 Å². The fourth-order valence-electron chi connectivity index (χ4n) is 3.43. The van der Waals surface area contributed by atoms with Gasteiger partial charge in [-0.05, 0) is 44.4 Å². The van der Waals surface area contributed by atoms with Crippen molar-refractivity contribution in [1.29, 1.82) is 0 Å². The molecule has 0 radical (unpaired) electrons. The summed E-state index contributed by atoms with van der Waals surface area (Å²) in [5.74, 6) is -0.661. The van der Waals surface area contributed by atoms with Crippen LogP contribution in [0.4, 0.5) is 14.9 Å². The lowest BCUT2D eigenvalue weighted by atomic mass is 9.96. The summed E-state index contributed by atoms with van der Waals surface area (Å²) >= 11 is 0. The van der Waals surface area contributed by atoms with E-state index >= 15 is 0 Å². The fraction of sp³-hybridized carbons (Fsp3) is 0.556. The topological polar surface area (TPSA) is 73.5 Å². The summed E-state index contributed by atoms with van der Waals surface area (Å²) in [6.45, 7) is 2.75. The van der Waals surface area contributed by atoms with E-state index in [1.165, 1.54) is 12.1 Å². The molecule has 3 N–H and O–H groups in total. The highest BCUT2D eigenvalue weighted by atomic mass is 19.1. The van der Waals surface area contributed by atoms with Crippen molar-refractivity contribution in [3.63, 3.8) is 0 Å². The van der Waals surface area contributed by atoms with E-state index in [1.54, 1.807) is 17.0 Å². The normalized spacial score (nSPS) is 23.8. The number of benzene rings is 1. The number of piperidine rings is 2. The molecule has 0 saturated carbocycles. The first-order valence-electron chi connectivity index (χ1n) is 8.95. The second-order valence-corrected chi connectivity index (χ2v) is 6.75. The van der Waals surface area contributed by atoms with Crippen LogP contribution in [-0.2, 0) is 4.79 Å². The first-order valence-corrected chi connectivity index (χ1v) is 8.95. The zero-order valence-corrected chi connectivity index (χ0v) is 14.3.